The van der Waals surface area contributed by atoms with Crippen LogP contribution in [-0.4, -0.2) is 24.6 Å². The quantitative estimate of drug-likeness (QED) is 0.814. The first-order valence-corrected chi connectivity index (χ1v) is 6.70. The summed E-state index contributed by atoms with van der Waals surface area (Å²) in [6.07, 6.45) is -0.147. The van der Waals surface area contributed by atoms with E-state index in [4.69, 9.17) is 4.74 Å². The van der Waals surface area contributed by atoms with Crippen molar-refractivity contribution in [3.63, 3.8) is 0 Å². The number of benzene rings is 1. The van der Waals surface area contributed by atoms with Gasteiger partial charge in [-0.05, 0) is 32.9 Å². The molecule has 0 spiro atoms. The third kappa shape index (κ3) is 5.73. The van der Waals surface area contributed by atoms with Crippen molar-refractivity contribution < 1.29 is 14.3 Å². The van der Waals surface area contributed by atoms with Gasteiger partial charge in [0.25, 0.3) is 0 Å². The molecule has 5 nitrogen and oxygen atoms in total. The van der Waals surface area contributed by atoms with Gasteiger partial charge >= 0.3 is 12.0 Å². The van der Waals surface area contributed by atoms with Crippen LogP contribution in [0.15, 0.2) is 24.3 Å². The predicted molar refractivity (Wildman–Crippen MR) is 78.6 cm³/mol. The van der Waals surface area contributed by atoms with Crippen LogP contribution in [0, 0.1) is 12.8 Å². The molecule has 0 heterocycles. The van der Waals surface area contributed by atoms with Gasteiger partial charge in [-0.25, -0.2) is 4.79 Å². The van der Waals surface area contributed by atoms with E-state index < -0.39 is 0 Å². The number of rotatable bonds is 5. The van der Waals surface area contributed by atoms with Crippen molar-refractivity contribution in [1.82, 2.24) is 5.32 Å². The molecule has 2 amide bonds. The van der Waals surface area contributed by atoms with Gasteiger partial charge in [-0.1, -0.05) is 24.6 Å². The SMILES string of the molecule is Cc1ccc(NC(=O)NC[C@@H](C)C(=O)OC(C)C)cc1. The van der Waals surface area contributed by atoms with Gasteiger partial charge in [0.1, 0.15) is 0 Å². The maximum absolute atomic E-state index is 11.7. The summed E-state index contributed by atoms with van der Waals surface area (Å²) in [5.41, 5.74) is 1.84. The number of hydrogen-bond donors (Lipinski definition) is 2. The fourth-order valence-corrected chi connectivity index (χ4v) is 1.49. The van der Waals surface area contributed by atoms with Crippen molar-refractivity contribution in [1.29, 1.82) is 0 Å². The highest BCUT2D eigenvalue weighted by Crippen LogP contribution is 2.08. The standard InChI is InChI=1S/C15H22N2O3/c1-10(2)20-14(18)12(4)9-16-15(19)17-13-7-5-11(3)6-8-13/h5-8,10,12H,9H2,1-4H3,(H2,16,17,19)/t12-/m1/s1. The molecular formula is C15H22N2O3. The summed E-state index contributed by atoms with van der Waals surface area (Å²) in [5, 5.41) is 5.35. The molecule has 5 heteroatoms. The first kappa shape index (κ1) is 16.0. The van der Waals surface area contributed by atoms with Gasteiger partial charge in [-0.15, -0.1) is 0 Å². The summed E-state index contributed by atoms with van der Waals surface area (Å²) in [5.74, 6) is -0.684. The normalized spacial score (nSPS) is 11.8. The Labute approximate surface area is 119 Å². The minimum atomic E-state index is -0.374. The van der Waals surface area contributed by atoms with Crippen LogP contribution in [0.25, 0.3) is 0 Å². The highest BCUT2D eigenvalue weighted by atomic mass is 16.5. The zero-order valence-corrected chi connectivity index (χ0v) is 12.4. The van der Waals surface area contributed by atoms with Crippen LogP contribution in [0.4, 0.5) is 10.5 Å². The lowest BCUT2D eigenvalue weighted by Crippen LogP contribution is -2.35. The van der Waals surface area contributed by atoms with E-state index in [2.05, 4.69) is 10.6 Å². The molecule has 110 valence electrons. The summed E-state index contributed by atoms with van der Waals surface area (Å²) in [6, 6.07) is 7.14. The number of urea groups is 1. The third-order valence-corrected chi connectivity index (χ3v) is 2.63. The minimum absolute atomic E-state index is 0.147. The number of anilines is 1. The maximum atomic E-state index is 11.7. The van der Waals surface area contributed by atoms with Crippen molar-refractivity contribution in [3.8, 4) is 0 Å². The number of carbonyl (C=O) groups excluding carboxylic acids is 2. The molecule has 0 aromatic heterocycles. The molecule has 0 aliphatic rings. The van der Waals surface area contributed by atoms with Gasteiger partial charge < -0.3 is 15.4 Å². The van der Waals surface area contributed by atoms with Crippen LogP contribution in [-0.2, 0) is 9.53 Å². The van der Waals surface area contributed by atoms with E-state index in [1.807, 2.05) is 31.2 Å². The maximum Gasteiger partial charge on any atom is 0.319 e. The van der Waals surface area contributed by atoms with E-state index in [9.17, 15) is 9.59 Å². The Hall–Kier alpha value is -2.04. The molecule has 0 saturated carbocycles. The fraction of sp³-hybridized carbons (Fsp3) is 0.467. The zero-order chi connectivity index (χ0) is 15.1. The third-order valence-electron chi connectivity index (χ3n) is 2.63. The van der Waals surface area contributed by atoms with Crippen LogP contribution in [0.2, 0.25) is 0 Å². The molecule has 1 rings (SSSR count). The van der Waals surface area contributed by atoms with E-state index in [0.29, 0.717) is 5.69 Å². The lowest BCUT2D eigenvalue weighted by Gasteiger charge is -2.14. The highest BCUT2D eigenvalue weighted by Gasteiger charge is 2.16. The first-order valence-electron chi connectivity index (χ1n) is 6.70. The molecular weight excluding hydrogens is 256 g/mol. The van der Waals surface area contributed by atoms with Crippen LogP contribution in [0.3, 0.4) is 0 Å². The van der Waals surface area contributed by atoms with E-state index >= 15 is 0 Å². The number of nitrogens with one attached hydrogen (secondary N) is 2. The topological polar surface area (TPSA) is 67.4 Å². The van der Waals surface area contributed by atoms with Gasteiger partial charge in [0.15, 0.2) is 0 Å². The summed E-state index contributed by atoms with van der Waals surface area (Å²) >= 11 is 0. The number of amides is 2. The van der Waals surface area contributed by atoms with E-state index in [-0.39, 0.29) is 30.6 Å². The molecule has 20 heavy (non-hydrogen) atoms. The lowest BCUT2D eigenvalue weighted by atomic mass is 10.2. The molecule has 1 aromatic rings. The summed E-state index contributed by atoms with van der Waals surface area (Å²) in [4.78, 5) is 23.2. The van der Waals surface area contributed by atoms with Gasteiger partial charge in [-0.2, -0.15) is 0 Å². The van der Waals surface area contributed by atoms with Gasteiger partial charge in [0.05, 0.1) is 12.0 Å². The fourth-order valence-electron chi connectivity index (χ4n) is 1.49. The number of esters is 1. The Morgan fingerprint density at radius 3 is 2.30 bits per heavy atom. The molecule has 2 N–H and O–H groups in total. The van der Waals surface area contributed by atoms with Gasteiger partial charge in [0.2, 0.25) is 0 Å². The lowest BCUT2D eigenvalue weighted by molar-refractivity contribution is -0.151. The number of ether oxygens (including phenoxy) is 1. The zero-order valence-electron chi connectivity index (χ0n) is 12.4. The van der Waals surface area contributed by atoms with Crippen molar-refractivity contribution in [2.24, 2.45) is 5.92 Å². The second kappa shape index (κ2) is 7.53. The van der Waals surface area contributed by atoms with Gasteiger partial charge in [0, 0.05) is 12.2 Å². The second-order valence-corrected chi connectivity index (χ2v) is 5.09. The average molecular weight is 278 g/mol. The molecule has 0 aliphatic carbocycles. The summed E-state index contributed by atoms with van der Waals surface area (Å²) in [7, 11) is 0. The summed E-state index contributed by atoms with van der Waals surface area (Å²) in [6.45, 7) is 7.52. The second-order valence-electron chi connectivity index (χ2n) is 5.09. The average Bonchev–Trinajstić information content (AvgIpc) is 2.38. The Kier molecular flexibility index (Phi) is 6.03. The van der Waals surface area contributed by atoms with Crippen LogP contribution < -0.4 is 10.6 Å². The number of carbonyl (C=O) groups is 2. The number of hydrogen-bond acceptors (Lipinski definition) is 3. The Morgan fingerprint density at radius 1 is 1.15 bits per heavy atom. The smallest absolute Gasteiger partial charge is 0.319 e. The van der Waals surface area contributed by atoms with Crippen LogP contribution >= 0.6 is 0 Å². The highest BCUT2D eigenvalue weighted by molar-refractivity contribution is 5.89. The molecule has 0 radical (unpaired) electrons. The van der Waals surface area contributed by atoms with Crippen molar-refractivity contribution in [3.05, 3.63) is 29.8 Å². The summed E-state index contributed by atoms with van der Waals surface area (Å²) < 4.78 is 5.07. The van der Waals surface area contributed by atoms with E-state index in [1.165, 1.54) is 0 Å². The molecule has 0 unspecified atom stereocenters. The molecule has 0 fully saturated rings. The van der Waals surface area contributed by atoms with Crippen LogP contribution in [0.5, 0.6) is 0 Å². The Bertz CT molecular complexity index is 455. The Balaban J connectivity index is 2.36. The van der Waals surface area contributed by atoms with Crippen molar-refractivity contribution >= 4 is 17.7 Å². The van der Waals surface area contributed by atoms with Crippen molar-refractivity contribution in [2.45, 2.75) is 33.8 Å². The monoisotopic (exact) mass is 278 g/mol. The van der Waals surface area contributed by atoms with E-state index in [1.54, 1.807) is 20.8 Å². The Morgan fingerprint density at radius 2 is 1.75 bits per heavy atom. The molecule has 0 saturated heterocycles. The largest absolute Gasteiger partial charge is 0.463 e. The first-order chi connectivity index (χ1) is 9.38. The van der Waals surface area contributed by atoms with Gasteiger partial charge in [-0.3, -0.25) is 4.79 Å². The predicted octanol–water partition coefficient (Wildman–Crippen LogP) is 2.70. The number of aryl methyl sites for hydroxylation is 1. The van der Waals surface area contributed by atoms with E-state index in [0.717, 1.165) is 5.56 Å². The molecule has 1 atom stereocenters. The molecule has 1 aromatic carbocycles. The van der Waals surface area contributed by atoms with Crippen molar-refractivity contribution in [2.75, 3.05) is 11.9 Å². The molecule has 0 bridgehead atoms. The molecule has 0 aliphatic heterocycles. The minimum Gasteiger partial charge on any atom is -0.463 e. The van der Waals surface area contributed by atoms with Crippen LogP contribution in [0.1, 0.15) is 26.3 Å².